The minimum Gasteiger partial charge on any atom is -0.356 e. The smallest absolute Gasteiger partial charge is 0.251 e. The Morgan fingerprint density at radius 1 is 1.48 bits per heavy atom. The summed E-state index contributed by atoms with van der Waals surface area (Å²) >= 11 is 0. The molecule has 6 nitrogen and oxygen atoms in total. The van der Waals surface area contributed by atoms with Crippen LogP contribution in [0.4, 0.5) is 8.78 Å². The van der Waals surface area contributed by atoms with Crippen LogP contribution in [-0.4, -0.2) is 36.8 Å². The summed E-state index contributed by atoms with van der Waals surface area (Å²) in [6.45, 7) is 3.08. The van der Waals surface area contributed by atoms with Gasteiger partial charge in [0.15, 0.2) is 0 Å². The van der Waals surface area contributed by atoms with Crippen LogP contribution in [0.5, 0.6) is 0 Å². The molecule has 23 heavy (non-hydrogen) atoms. The highest BCUT2D eigenvalue weighted by atomic mass is 19.1. The van der Waals surface area contributed by atoms with Gasteiger partial charge in [0.05, 0.1) is 18.7 Å². The standard InChI is InChI=1S/C15H20F2N4O2/c1-2-19-14-8-21(18)7-11(9-23-14)15(22)20-6-10-3-4-12(16)5-13(10)17/h3-5,7,14,19H,2,6,8-9,18H2,1H3,(H,20,22). The van der Waals surface area contributed by atoms with E-state index in [2.05, 4.69) is 10.6 Å². The van der Waals surface area contributed by atoms with Gasteiger partial charge < -0.3 is 15.1 Å². The molecule has 1 atom stereocenters. The van der Waals surface area contributed by atoms with E-state index in [9.17, 15) is 13.6 Å². The number of hydrogen-bond acceptors (Lipinski definition) is 5. The van der Waals surface area contributed by atoms with Gasteiger partial charge in [-0.05, 0) is 12.6 Å². The molecule has 1 heterocycles. The van der Waals surface area contributed by atoms with E-state index in [1.807, 2.05) is 6.92 Å². The maximum Gasteiger partial charge on any atom is 0.251 e. The maximum absolute atomic E-state index is 13.5. The van der Waals surface area contributed by atoms with Crippen LogP contribution in [-0.2, 0) is 16.1 Å². The van der Waals surface area contributed by atoms with Gasteiger partial charge in [-0.1, -0.05) is 13.0 Å². The highest BCUT2D eigenvalue weighted by molar-refractivity contribution is 5.93. The first-order chi connectivity index (χ1) is 11.0. The third kappa shape index (κ3) is 4.98. The number of nitrogens with one attached hydrogen (secondary N) is 2. The lowest BCUT2D eigenvalue weighted by Crippen LogP contribution is -2.42. The van der Waals surface area contributed by atoms with Crippen LogP contribution in [0.25, 0.3) is 0 Å². The van der Waals surface area contributed by atoms with Crippen molar-refractivity contribution < 1.29 is 18.3 Å². The minimum atomic E-state index is -0.705. The molecule has 1 aliphatic rings. The lowest BCUT2D eigenvalue weighted by molar-refractivity contribution is -0.118. The second kappa shape index (κ2) is 8.00. The molecule has 4 N–H and O–H groups in total. The zero-order valence-corrected chi connectivity index (χ0v) is 12.8. The average Bonchev–Trinajstić information content (AvgIpc) is 2.68. The molecule has 126 valence electrons. The van der Waals surface area contributed by atoms with Gasteiger partial charge in [-0.3, -0.25) is 10.1 Å². The number of nitrogens with zero attached hydrogens (tertiary/aromatic N) is 1. The number of rotatable bonds is 5. The monoisotopic (exact) mass is 326 g/mol. The lowest BCUT2D eigenvalue weighted by Gasteiger charge is -2.19. The van der Waals surface area contributed by atoms with Crippen molar-refractivity contribution in [3.63, 3.8) is 0 Å². The third-order valence-electron chi connectivity index (χ3n) is 3.32. The zero-order valence-electron chi connectivity index (χ0n) is 12.8. The molecular formula is C15H20F2N4O2. The van der Waals surface area contributed by atoms with E-state index < -0.39 is 17.5 Å². The Labute approximate surface area is 133 Å². The van der Waals surface area contributed by atoms with Crippen LogP contribution in [0.3, 0.4) is 0 Å². The Hall–Kier alpha value is -2.03. The zero-order chi connectivity index (χ0) is 16.8. The van der Waals surface area contributed by atoms with E-state index in [1.165, 1.54) is 17.3 Å². The quantitative estimate of drug-likeness (QED) is 0.691. The molecule has 0 saturated heterocycles. The van der Waals surface area contributed by atoms with Crippen LogP contribution < -0.4 is 16.5 Å². The number of halogens is 2. The van der Waals surface area contributed by atoms with E-state index in [-0.39, 0.29) is 24.9 Å². The lowest BCUT2D eigenvalue weighted by atomic mass is 10.2. The predicted octanol–water partition coefficient (Wildman–Crippen LogP) is 0.606. The maximum atomic E-state index is 13.5. The van der Waals surface area contributed by atoms with Crippen LogP contribution in [0.1, 0.15) is 12.5 Å². The summed E-state index contributed by atoms with van der Waals surface area (Å²) < 4.78 is 31.9. The summed E-state index contributed by atoms with van der Waals surface area (Å²) in [6, 6.07) is 3.21. The fourth-order valence-corrected chi connectivity index (χ4v) is 2.15. The number of benzene rings is 1. The van der Waals surface area contributed by atoms with Crippen LogP contribution in [0.15, 0.2) is 30.0 Å². The number of carbonyl (C=O) groups excluding carboxylic acids is 1. The molecule has 1 amide bonds. The summed E-state index contributed by atoms with van der Waals surface area (Å²) in [5.74, 6) is 4.01. The molecule has 0 spiro atoms. The van der Waals surface area contributed by atoms with Gasteiger partial charge in [0.2, 0.25) is 0 Å². The second-order valence-electron chi connectivity index (χ2n) is 5.13. The first kappa shape index (κ1) is 17.3. The number of carbonyl (C=O) groups is 1. The minimum absolute atomic E-state index is 0.0521. The molecule has 8 heteroatoms. The molecular weight excluding hydrogens is 306 g/mol. The highest BCUT2D eigenvalue weighted by Gasteiger charge is 2.20. The van der Waals surface area contributed by atoms with E-state index in [1.54, 1.807) is 0 Å². The van der Waals surface area contributed by atoms with Gasteiger partial charge in [0, 0.05) is 24.4 Å². The summed E-state index contributed by atoms with van der Waals surface area (Å²) in [7, 11) is 0. The first-order valence-corrected chi connectivity index (χ1v) is 7.28. The van der Waals surface area contributed by atoms with Crippen molar-refractivity contribution in [3.8, 4) is 0 Å². The molecule has 1 aromatic carbocycles. The Balaban J connectivity index is 1.94. The Kier molecular flexibility index (Phi) is 6.03. The van der Waals surface area contributed by atoms with Crippen molar-refractivity contribution in [3.05, 3.63) is 47.2 Å². The van der Waals surface area contributed by atoms with Gasteiger partial charge in [0.25, 0.3) is 5.91 Å². The van der Waals surface area contributed by atoms with Crippen molar-refractivity contribution in [2.45, 2.75) is 19.7 Å². The van der Waals surface area contributed by atoms with Crippen molar-refractivity contribution in [2.75, 3.05) is 19.7 Å². The SMILES string of the molecule is CCNC1CN(N)C=C(C(=O)NCc2ccc(F)cc2F)CO1. The predicted molar refractivity (Wildman–Crippen MR) is 80.6 cm³/mol. The van der Waals surface area contributed by atoms with Gasteiger partial charge >= 0.3 is 0 Å². The molecule has 1 unspecified atom stereocenters. The Morgan fingerprint density at radius 3 is 2.96 bits per heavy atom. The van der Waals surface area contributed by atoms with Crippen LogP contribution >= 0.6 is 0 Å². The van der Waals surface area contributed by atoms with E-state index in [0.717, 1.165) is 12.1 Å². The number of hydrazine groups is 1. The molecule has 2 rings (SSSR count). The average molecular weight is 326 g/mol. The fourth-order valence-electron chi connectivity index (χ4n) is 2.15. The van der Waals surface area contributed by atoms with Crippen molar-refractivity contribution in [1.29, 1.82) is 0 Å². The largest absolute Gasteiger partial charge is 0.356 e. The van der Waals surface area contributed by atoms with Gasteiger partial charge in [0.1, 0.15) is 17.9 Å². The molecule has 0 saturated carbocycles. The van der Waals surface area contributed by atoms with Crippen LogP contribution in [0.2, 0.25) is 0 Å². The summed E-state index contributed by atoms with van der Waals surface area (Å²) in [4.78, 5) is 12.2. The molecule has 0 aromatic heterocycles. The number of amides is 1. The molecule has 0 radical (unpaired) electrons. The molecule has 0 aliphatic carbocycles. The number of likely N-dealkylation sites (N-methyl/N-ethyl adjacent to an activating group) is 1. The highest BCUT2D eigenvalue weighted by Crippen LogP contribution is 2.10. The molecule has 0 fully saturated rings. The van der Waals surface area contributed by atoms with Crippen LogP contribution in [0, 0.1) is 11.6 Å². The molecule has 1 aliphatic heterocycles. The summed E-state index contributed by atoms with van der Waals surface area (Å²) in [5.41, 5.74) is 0.528. The second-order valence-corrected chi connectivity index (χ2v) is 5.13. The van der Waals surface area contributed by atoms with Gasteiger partial charge in [-0.25, -0.2) is 14.6 Å². The molecule has 1 aromatic rings. The topological polar surface area (TPSA) is 79.6 Å². The first-order valence-electron chi connectivity index (χ1n) is 7.28. The summed E-state index contributed by atoms with van der Waals surface area (Å²) in [5, 5.41) is 7.03. The van der Waals surface area contributed by atoms with E-state index in [4.69, 9.17) is 10.6 Å². The van der Waals surface area contributed by atoms with Crippen molar-refractivity contribution >= 4 is 5.91 Å². The summed E-state index contributed by atoms with van der Waals surface area (Å²) in [6.07, 6.45) is 1.22. The number of nitrogens with two attached hydrogens (primary N) is 1. The van der Waals surface area contributed by atoms with Gasteiger partial charge in [-0.2, -0.15) is 0 Å². The van der Waals surface area contributed by atoms with Crippen molar-refractivity contribution in [2.24, 2.45) is 5.84 Å². The number of ether oxygens (including phenoxy) is 1. The Bertz CT molecular complexity index is 595. The van der Waals surface area contributed by atoms with E-state index >= 15 is 0 Å². The van der Waals surface area contributed by atoms with E-state index in [0.29, 0.717) is 18.7 Å². The van der Waals surface area contributed by atoms with Gasteiger partial charge in [-0.15, -0.1) is 0 Å². The van der Waals surface area contributed by atoms with Crippen molar-refractivity contribution in [1.82, 2.24) is 15.6 Å². The third-order valence-corrected chi connectivity index (χ3v) is 3.32. The molecule has 0 bridgehead atoms. The normalized spacial score (nSPS) is 18.3. The fraction of sp³-hybridized carbons (Fsp3) is 0.400. The number of hydrogen-bond donors (Lipinski definition) is 3. The Morgan fingerprint density at radius 2 is 2.26 bits per heavy atom.